The number of hydrogen-bond donors (Lipinski definition) is 2. The lowest BCUT2D eigenvalue weighted by Crippen LogP contribution is -2.26. The molecule has 15 heavy (non-hydrogen) atoms. The summed E-state index contributed by atoms with van der Waals surface area (Å²) in [7, 11) is 0. The van der Waals surface area contributed by atoms with Gasteiger partial charge in [0.25, 0.3) is 5.69 Å². The largest absolute Gasteiger partial charge is 0.366 e. The van der Waals surface area contributed by atoms with Crippen LogP contribution in [0.25, 0.3) is 0 Å². The predicted octanol–water partition coefficient (Wildman–Crippen LogP) is 1.06. The fraction of sp³-hybridized carbons (Fsp3) is 0.444. The third-order valence-corrected chi connectivity index (χ3v) is 2.01. The number of aromatic nitrogens is 1. The van der Waals surface area contributed by atoms with Crippen LogP contribution < -0.4 is 11.1 Å². The van der Waals surface area contributed by atoms with Crippen molar-refractivity contribution in [3.63, 3.8) is 0 Å². The smallest absolute Gasteiger partial charge is 0.287 e. The Hall–Kier alpha value is -1.69. The van der Waals surface area contributed by atoms with E-state index >= 15 is 0 Å². The minimum Gasteiger partial charge on any atom is -0.366 e. The van der Waals surface area contributed by atoms with E-state index in [2.05, 4.69) is 10.3 Å². The molecule has 6 heteroatoms. The summed E-state index contributed by atoms with van der Waals surface area (Å²) in [5, 5.41) is 13.5. The first-order chi connectivity index (χ1) is 7.04. The summed E-state index contributed by atoms with van der Waals surface area (Å²) < 4.78 is 0. The number of nitrogens with zero attached hydrogens (tertiary/aromatic N) is 2. The molecule has 0 bridgehead atoms. The van der Waals surface area contributed by atoms with Gasteiger partial charge in [-0.1, -0.05) is 0 Å². The Labute approximate surface area is 87.7 Å². The topological polar surface area (TPSA) is 94.1 Å². The normalized spacial score (nSPS) is 12.2. The van der Waals surface area contributed by atoms with E-state index in [0.29, 0.717) is 12.4 Å². The third-order valence-electron chi connectivity index (χ3n) is 2.01. The number of nitro groups is 1. The van der Waals surface area contributed by atoms with Crippen molar-refractivity contribution >= 4 is 11.5 Å². The average molecular weight is 210 g/mol. The van der Waals surface area contributed by atoms with Gasteiger partial charge in [-0.2, -0.15) is 0 Å². The van der Waals surface area contributed by atoms with Crippen molar-refractivity contribution in [2.45, 2.75) is 19.9 Å². The molecule has 82 valence electrons. The first-order valence-electron chi connectivity index (χ1n) is 4.62. The molecule has 0 fully saturated rings. The molecular formula is C9H14N4O2. The van der Waals surface area contributed by atoms with E-state index in [1.807, 2.05) is 6.92 Å². The lowest BCUT2D eigenvalue weighted by atomic mass is 10.2. The van der Waals surface area contributed by atoms with Gasteiger partial charge in [0.05, 0.1) is 4.92 Å². The lowest BCUT2D eigenvalue weighted by Gasteiger charge is -2.13. The van der Waals surface area contributed by atoms with Crippen molar-refractivity contribution in [1.29, 1.82) is 0 Å². The van der Waals surface area contributed by atoms with Crippen LogP contribution in [0.5, 0.6) is 0 Å². The van der Waals surface area contributed by atoms with Crippen molar-refractivity contribution in [3.8, 4) is 0 Å². The van der Waals surface area contributed by atoms with Gasteiger partial charge in [-0.05, 0) is 19.4 Å². The van der Waals surface area contributed by atoms with Gasteiger partial charge in [0.15, 0.2) is 0 Å². The molecule has 0 saturated carbocycles. The number of nitrogens with one attached hydrogen (secondary N) is 1. The van der Waals surface area contributed by atoms with Crippen molar-refractivity contribution in [2.75, 3.05) is 11.9 Å². The summed E-state index contributed by atoms with van der Waals surface area (Å²) in [6.07, 6.45) is 1.23. The molecule has 0 saturated heterocycles. The van der Waals surface area contributed by atoms with Crippen molar-refractivity contribution in [2.24, 2.45) is 5.73 Å². The van der Waals surface area contributed by atoms with E-state index in [4.69, 9.17) is 5.73 Å². The van der Waals surface area contributed by atoms with E-state index in [1.54, 1.807) is 6.92 Å². The molecule has 0 aliphatic rings. The van der Waals surface area contributed by atoms with Gasteiger partial charge in [-0.3, -0.25) is 10.1 Å². The molecule has 0 aromatic carbocycles. The minimum absolute atomic E-state index is 0.00143. The second kappa shape index (κ2) is 4.70. The summed E-state index contributed by atoms with van der Waals surface area (Å²) in [5.74, 6) is 0.638. The highest BCUT2D eigenvalue weighted by Crippen LogP contribution is 2.18. The number of nitrogens with two attached hydrogens (primary N) is 1. The van der Waals surface area contributed by atoms with E-state index in [0.717, 1.165) is 5.56 Å². The molecule has 1 atom stereocenters. The number of aryl methyl sites for hydroxylation is 1. The molecule has 6 nitrogen and oxygen atoms in total. The van der Waals surface area contributed by atoms with Gasteiger partial charge < -0.3 is 11.1 Å². The Morgan fingerprint density at radius 1 is 1.73 bits per heavy atom. The third kappa shape index (κ3) is 2.88. The maximum Gasteiger partial charge on any atom is 0.287 e. The summed E-state index contributed by atoms with van der Waals surface area (Å²) in [4.78, 5) is 14.0. The number of pyridine rings is 1. The van der Waals surface area contributed by atoms with Gasteiger partial charge in [0, 0.05) is 18.7 Å². The molecule has 1 aromatic rings. The molecule has 1 rings (SSSR count). The summed E-state index contributed by atoms with van der Waals surface area (Å²) >= 11 is 0. The van der Waals surface area contributed by atoms with Gasteiger partial charge in [-0.15, -0.1) is 0 Å². The predicted molar refractivity (Wildman–Crippen MR) is 57.8 cm³/mol. The Morgan fingerprint density at radius 3 is 2.87 bits per heavy atom. The second-order valence-corrected chi connectivity index (χ2v) is 3.40. The highest BCUT2D eigenvalue weighted by Gasteiger charge is 2.10. The Balaban J connectivity index is 2.88. The van der Waals surface area contributed by atoms with Crippen molar-refractivity contribution in [3.05, 3.63) is 27.9 Å². The van der Waals surface area contributed by atoms with Crippen molar-refractivity contribution < 1.29 is 4.92 Å². The van der Waals surface area contributed by atoms with Crippen LogP contribution in [0.4, 0.5) is 11.5 Å². The van der Waals surface area contributed by atoms with Crippen LogP contribution in [0.15, 0.2) is 12.3 Å². The van der Waals surface area contributed by atoms with Gasteiger partial charge in [-0.25, -0.2) is 4.98 Å². The molecule has 0 aliphatic heterocycles. The first-order valence-corrected chi connectivity index (χ1v) is 4.62. The van der Waals surface area contributed by atoms with Crippen LogP contribution in [0.2, 0.25) is 0 Å². The molecular weight excluding hydrogens is 196 g/mol. The molecule has 1 unspecified atom stereocenters. The van der Waals surface area contributed by atoms with E-state index in [-0.39, 0.29) is 11.7 Å². The molecule has 0 spiro atoms. The SMILES string of the molecule is Cc1cc([N+](=O)[O-])cnc1NC(C)CN. The minimum atomic E-state index is -0.462. The summed E-state index contributed by atoms with van der Waals surface area (Å²) in [6, 6.07) is 1.58. The van der Waals surface area contributed by atoms with Crippen LogP contribution in [0, 0.1) is 17.0 Å². The number of anilines is 1. The molecule has 0 amide bonds. The Kier molecular flexibility index (Phi) is 3.56. The highest BCUT2D eigenvalue weighted by molar-refractivity contribution is 5.48. The fourth-order valence-corrected chi connectivity index (χ4v) is 1.10. The standard InChI is InChI=1S/C9H14N4O2/c1-6-3-8(13(14)15)5-11-9(6)12-7(2)4-10/h3,5,7H,4,10H2,1-2H3,(H,11,12). The van der Waals surface area contributed by atoms with Crippen LogP contribution in [0.3, 0.4) is 0 Å². The molecule has 1 aromatic heterocycles. The molecule has 1 heterocycles. The Morgan fingerprint density at radius 2 is 2.40 bits per heavy atom. The van der Waals surface area contributed by atoms with Crippen LogP contribution in [-0.2, 0) is 0 Å². The van der Waals surface area contributed by atoms with Gasteiger partial charge in [0.1, 0.15) is 12.0 Å². The molecule has 0 radical (unpaired) electrons. The average Bonchev–Trinajstić information content (AvgIpc) is 2.20. The van der Waals surface area contributed by atoms with Crippen LogP contribution in [0.1, 0.15) is 12.5 Å². The van der Waals surface area contributed by atoms with E-state index in [9.17, 15) is 10.1 Å². The number of rotatable bonds is 4. The second-order valence-electron chi connectivity index (χ2n) is 3.40. The maximum absolute atomic E-state index is 10.5. The monoisotopic (exact) mass is 210 g/mol. The molecule has 0 aliphatic carbocycles. The van der Waals surface area contributed by atoms with Gasteiger partial charge >= 0.3 is 0 Å². The van der Waals surface area contributed by atoms with E-state index in [1.165, 1.54) is 12.3 Å². The lowest BCUT2D eigenvalue weighted by molar-refractivity contribution is -0.385. The fourth-order valence-electron chi connectivity index (χ4n) is 1.10. The quantitative estimate of drug-likeness (QED) is 0.572. The zero-order chi connectivity index (χ0) is 11.4. The first kappa shape index (κ1) is 11.4. The van der Waals surface area contributed by atoms with Crippen LogP contribution >= 0.6 is 0 Å². The summed E-state index contributed by atoms with van der Waals surface area (Å²) in [5.41, 5.74) is 6.19. The van der Waals surface area contributed by atoms with E-state index < -0.39 is 4.92 Å². The highest BCUT2D eigenvalue weighted by atomic mass is 16.6. The zero-order valence-electron chi connectivity index (χ0n) is 8.73. The Bertz CT molecular complexity index is 367. The zero-order valence-corrected chi connectivity index (χ0v) is 8.73. The van der Waals surface area contributed by atoms with Crippen LogP contribution in [-0.4, -0.2) is 22.5 Å². The van der Waals surface area contributed by atoms with Crippen molar-refractivity contribution in [1.82, 2.24) is 4.98 Å². The summed E-state index contributed by atoms with van der Waals surface area (Å²) in [6.45, 7) is 4.17. The molecule has 3 N–H and O–H groups in total. The van der Waals surface area contributed by atoms with Gasteiger partial charge in [0.2, 0.25) is 0 Å². The number of hydrogen-bond acceptors (Lipinski definition) is 5. The maximum atomic E-state index is 10.5.